The van der Waals surface area contributed by atoms with Crippen molar-refractivity contribution >= 4 is 34.8 Å². The fourth-order valence-corrected chi connectivity index (χ4v) is 3.73. The molecule has 1 saturated heterocycles. The van der Waals surface area contributed by atoms with Gasteiger partial charge in [-0.25, -0.2) is 14.9 Å². The molecule has 160 valence electrons. The van der Waals surface area contributed by atoms with Crippen LogP contribution in [0.2, 0.25) is 0 Å². The van der Waals surface area contributed by atoms with E-state index in [4.69, 9.17) is 4.74 Å². The number of morpholine rings is 1. The van der Waals surface area contributed by atoms with Gasteiger partial charge in [0.1, 0.15) is 0 Å². The van der Waals surface area contributed by atoms with Crippen molar-refractivity contribution in [2.75, 3.05) is 41.4 Å². The van der Waals surface area contributed by atoms with Crippen LogP contribution in [0.25, 0.3) is 0 Å². The molecule has 0 spiro atoms. The van der Waals surface area contributed by atoms with Crippen molar-refractivity contribution in [2.45, 2.75) is 0 Å². The normalized spacial score (nSPS) is 15.6. The van der Waals surface area contributed by atoms with E-state index in [0.29, 0.717) is 30.2 Å². The van der Waals surface area contributed by atoms with E-state index < -0.39 is 11.8 Å². The van der Waals surface area contributed by atoms with Gasteiger partial charge in [0, 0.05) is 42.4 Å². The predicted octanol–water partition coefficient (Wildman–Crippen LogP) is 2.37. The minimum Gasteiger partial charge on any atom is -0.378 e. The van der Waals surface area contributed by atoms with E-state index in [0.717, 1.165) is 23.7 Å². The van der Waals surface area contributed by atoms with Gasteiger partial charge in [0.25, 0.3) is 17.7 Å². The largest absolute Gasteiger partial charge is 0.378 e. The molecule has 3 amide bonds. The van der Waals surface area contributed by atoms with Crippen LogP contribution in [-0.2, 0) is 4.74 Å². The molecule has 0 radical (unpaired) electrons. The molecule has 2 aliphatic rings. The maximum absolute atomic E-state index is 12.6. The first-order valence-corrected chi connectivity index (χ1v) is 10.2. The minimum atomic E-state index is -0.532. The number of fused-ring (bicyclic) bond motifs is 1. The number of hydrogen-bond acceptors (Lipinski definition) is 7. The molecular weight excluding hydrogens is 410 g/mol. The summed E-state index contributed by atoms with van der Waals surface area (Å²) in [7, 11) is 0. The van der Waals surface area contributed by atoms with Crippen LogP contribution >= 0.6 is 0 Å². The van der Waals surface area contributed by atoms with Gasteiger partial charge in [-0.1, -0.05) is 0 Å². The Labute approximate surface area is 183 Å². The number of carbonyl (C=O) groups is 3. The average Bonchev–Trinajstić information content (AvgIpc) is 3.10. The second-order valence-electron chi connectivity index (χ2n) is 7.35. The number of carbonyl (C=O) groups excluding carboxylic acids is 3. The van der Waals surface area contributed by atoms with Crippen LogP contribution in [0.1, 0.15) is 31.3 Å². The Bertz CT molecular complexity index is 1150. The van der Waals surface area contributed by atoms with Crippen molar-refractivity contribution in [3.8, 4) is 0 Å². The smallest absolute Gasteiger partial charge is 0.286 e. The number of rotatable bonds is 4. The molecule has 2 aromatic carbocycles. The molecule has 1 N–H and O–H groups in total. The molecule has 0 unspecified atom stereocenters. The summed E-state index contributed by atoms with van der Waals surface area (Å²) in [4.78, 5) is 48.8. The SMILES string of the molecule is O=C(Nc1ccc(N2CCOCC2)cc1)c1ccc(N2C(=O)c3nccnc3C2=O)cc1. The molecule has 2 aliphatic heterocycles. The fraction of sp³-hybridized carbons (Fsp3) is 0.174. The molecule has 9 nitrogen and oxygen atoms in total. The van der Waals surface area contributed by atoms with E-state index in [2.05, 4.69) is 20.2 Å². The Morgan fingerprint density at radius 2 is 1.38 bits per heavy atom. The van der Waals surface area contributed by atoms with Crippen molar-refractivity contribution < 1.29 is 19.1 Å². The van der Waals surface area contributed by atoms with E-state index in [9.17, 15) is 14.4 Å². The number of hydrogen-bond donors (Lipinski definition) is 1. The zero-order chi connectivity index (χ0) is 22.1. The molecule has 9 heteroatoms. The van der Waals surface area contributed by atoms with Gasteiger partial charge in [0.05, 0.1) is 18.9 Å². The summed E-state index contributed by atoms with van der Waals surface area (Å²) >= 11 is 0. The van der Waals surface area contributed by atoms with Crippen LogP contribution in [0.5, 0.6) is 0 Å². The minimum absolute atomic E-state index is 0.0276. The molecule has 1 aromatic heterocycles. The Hall–Kier alpha value is -4.11. The molecule has 5 rings (SSSR count). The number of benzene rings is 2. The van der Waals surface area contributed by atoms with E-state index >= 15 is 0 Å². The lowest BCUT2D eigenvalue weighted by Gasteiger charge is -2.28. The van der Waals surface area contributed by atoms with Gasteiger partial charge in [-0.2, -0.15) is 0 Å². The summed E-state index contributed by atoms with van der Waals surface area (Å²) in [6.07, 6.45) is 2.74. The van der Waals surface area contributed by atoms with Crippen molar-refractivity contribution in [3.05, 3.63) is 77.9 Å². The number of imide groups is 1. The highest BCUT2D eigenvalue weighted by molar-refractivity contribution is 6.33. The van der Waals surface area contributed by atoms with Gasteiger partial charge in [0.15, 0.2) is 11.4 Å². The van der Waals surface area contributed by atoms with Crippen LogP contribution in [0.4, 0.5) is 17.1 Å². The Morgan fingerprint density at radius 1 is 0.812 bits per heavy atom. The third-order valence-electron chi connectivity index (χ3n) is 5.40. The van der Waals surface area contributed by atoms with Gasteiger partial charge in [-0.3, -0.25) is 14.4 Å². The zero-order valence-corrected chi connectivity index (χ0v) is 17.0. The monoisotopic (exact) mass is 429 g/mol. The van der Waals surface area contributed by atoms with Gasteiger partial charge in [0.2, 0.25) is 0 Å². The second-order valence-corrected chi connectivity index (χ2v) is 7.35. The van der Waals surface area contributed by atoms with Crippen molar-refractivity contribution in [1.82, 2.24) is 9.97 Å². The molecule has 3 aromatic rings. The molecular formula is C23H19N5O4. The number of anilines is 3. The van der Waals surface area contributed by atoms with E-state index in [1.54, 1.807) is 24.3 Å². The maximum atomic E-state index is 12.6. The summed E-state index contributed by atoms with van der Waals surface area (Å²) in [5.74, 6) is -1.35. The number of amides is 3. The Balaban J connectivity index is 1.27. The topological polar surface area (TPSA) is 105 Å². The molecule has 0 aliphatic carbocycles. The molecule has 0 atom stereocenters. The van der Waals surface area contributed by atoms with Gasteiger partial charge in [-0.15, -0.1) is 0 Å². The van der Waals surface area contributed by atoms with Crippen molar-refractivity contribution in [2.24, 2.45) is 0 Å². The standard InChI is InChI=1S/C23H19N5O4/c29-21(26-16-3-7-17(8-4-16)27-11-13-32-14-12-27)15-1-5-18(6-2-15)28-22(30)19-20(23(28)31)25-10-9-24-19/h1-10H,11-14H2,(H,26,29). The fourth-order valence-electron chi connectivity index (χ4n) is 3.73. The highest BCUT2D eigenvalue weighted by Crippen LogP contribution is 2.26. The van der Waals surface area contributed by atoms with E-state index in [-0.39, 0.29) is 17.3 Å². The molecule has 1 fully saturated rings. The van der Waals surface area contributed by atoms with Crippen molar-refractivity contribution in [1.29, 1.82) is 0 Å². The summed E-state index contributed by atoms with van der Waals surface area (Å²) in [5.41, 5.74) is 2.57. The van der Waals surface area contributed by atoms with Crippen LogP contribution in [0.3, 0.4) is 0 Å². The van der Waals surface area contributed by atoms with Crippen LogP contribution in [0.15, 0.2) is 60.9 Å². The van der Waals surface area contributed by atoms with Crippen LogP contribution in [-0.4, -0.2) is 54.0 Å². The second kappa shape index (κ2) is 8.20. The van der Waals surface area contributed by atoms with Gasteiger partial charge < -0.3 is 15.0 Å². The van der Waals surface area contributed by atoms with Crippen molar-refractivity contribution in [3.63, 3.8) is 0 Å². The summed E-state index contributed by atoms with van der Waals surface area (Å²) in [6.45, 7) is 3.11. The maximum Gasteiger partial charge on any atom is 0.286 e. The van der Waals surface area contributed by atoms with Crippen LogP contribution in [0, 0.1) is 0 Å². The first kappa shape index (κ1) is 19.8. The quantitative estimate of drug-likeness (QED) is 0.635. The molecule has 0 saturated carbocycles. The van der Waals surface area contributed by atoms with E-state index in [1.807, 2.05) is 24.3 Å². The lowest BCUT2D eigenvalue weighted by molar-refractivity contribution is 0.0922. The molecule has 0 bridgehead atoms. The third-order valence-corrected chi connectivity index (χ3v) is 5.40. The van der Waals surface area contributed by atoms with Crippen LogP contribution < -0.4 is 15.1 Å². The highest BCUT2D eigenvalue weighted by Gasteiger charge is 2.39. The summed E-state index contributed by atoms with van der Waals surface area (Å²) in [6, 6.07) is 13.9. The lowest BCUT2D eigenvalue weighted by atomic mass is 10.1. The first-order chi connectivity index (χ1) is 15.6. The first-order valence-electron chi connectivity index (χ1n) is 10.2. The van der Waals surface area contributed by atoms with Gasteiger partial charge in [-0.05, 0) is 48.5 Å². The number of ether oxygens (including phenoxy) is 1. The Kier molecular flexibility index (Phi) is 5.08. The Morgan fingerprint density at radius 3 is 1.97 bits per heavy atom. The molecule has 32 heavy (non-hydrogen) atoms. The number of aromatic nitrogens is 2. The predicted molar refractivity (Wildman–Crippen MR) is 117 cm³/mol. The third kappa shape index (κ3) is 3.58. The number of nitrogens with zero attached hydrogens (tertiary/aromatic N) is 4. The summed E-state index contributed by atoms with van der Waals surface area (Å²) in [5, 5.41) is 2.86. The average molecular weight is 429 g/mol. The van der Waals surface area contributed by atoms with Gasteiger partial charge >= 0.3 is 0 Å². The van der Waals surface area contributed by atoms with E-state index in [1.165, 1.54) is 12.4 Å². The molecule has 3 heterocycles. The highest BCUT2D eigenvalue weighted by atomic mass is 16.5. The summed E-state index contributed by atoms with van der Waals surface area (Å²) < 4.78 is 5.37. The zero-order valence-electron chi connectivity index (χ0n) is 17.0. The number of nitrogens with one attached hydrogen (secondary N) is 1. The lowest BCUT2D eigenvalue weighted by Crippen LogP contribution is -2.36.